The van der Waals surface area contributed by atoms with Crippen molar-refractivity contribution in [2.75, 3.05) is 0 Å². The molecule has 0 saturated carbocycles. The molecule has 0 aromatic heterocycles. The van der Waals surface area contributed by atoms with E-state index in [0.29, 0.717) is 16.1 Å². The van der Waals surface area contributed by atoms with Crippen LogP contribution in [0.3, 0.4) is 0 Å². The quantitative estimate of drug-likeness (QED) is 0.385. The Labute approximate surface area is 135 Å². The van der Waals surface area contributed by atoms with Gasteiger partial charge in [0.2, 0.25) is 0 Å². The summed E-state index contributed by atoms with van der Waals surface area (Å²) in [6.07, 6.45) is 2.67. The van der Waals surface area contributed by atoms with Crippen LogP contribution < -0.4 is 0 Å². The van der Waals surface area contributed by atoms with E-state index < -0.39 is 16.4 Å². The van der Waals surface area contributed by atoms with E-state index in [4.69, 9.17) is 23.2 Å². The fourth-order valence-corrected chi connectivity index (χ4v) is 2.01. The Bertz CT molecular complexity index is 787. The predicted molar refractivity (Wildman–Crippen MR) is 84.6 cm³/mol. The number of aromatic hydroxyl groups is 1. The largest absolute Gasteiger partial charge is 0.502 e. The van der Waals surface area contributed by atoms with E-state index in [2.05, 4.69) is 0 Å². The van der Waals surface area contributed by atoms with Crippen molar-refractivity contribution in [2.45, 2.75) is 0 Å². The molecule has 0 saturated heterocycles. The molecule has 5 nitrogen and oxygen atoms in total. The second-order valence-corrected chi connectivity index (χ2v) is 5.15. The second kappa shape index (κ2) is 6.60. The highest BCUT2D eigenvalue weighted by Gasteiger charge is 2.12. The number of phenolic OH excluding ortho intramolecular Hbond substituents is 1. The monoisotopic (exact) mass is 337 g/mol. The Kier molecular flexibility index (Phi) is 4.80. The first-order chi connectivity index (χ1) is 10.4. The van der Waals surface area contributed by atoms with Gasteiger partial charge in [-0.2, -0.15) is 0 Å². The maximum absolute atomic E-state index is 12.0. The Morgan fingerprint density at radius 1 is 1.14 bits per heavy atom. The van der Waals surface area contributed by atoms with Crippen molar-refractivity contribution >= 4 is 40.7 Å². The Hall–Kier alpha value is -2.37. The summed E-state index contributed by atoms with van der Waals surface area (Å²) >= 11 is 11.6. The molecule has 0 bridgehead atoms. The maximum Gasteiger partial charge on any atom is 0.311 e. The maximum atomic E-state index is 12.0. The summed E-state index contributed by atoms with van der Waals surface area (Å²) in [4.78, 5) is 22.0. The number of hydrogen-bond donors (Lipinski definition) is 1. The molecule has 22 heavy (non-hydrogen) atoms. The van der Waals surface area contributed by atoms with Gasteiger partial charge in [0, 0.05) is 11.6 Å². The molecule has 0 aliphatic carbocycles. The normalized spacial score (nSPS) is 10.8. The molecule has 2 aromatic rings. The van der Waals surface area contributed by atoms with Crippen molar-refractivity contribution in [2.24, 2.45) is 0 Å². The van der Waals surface area contributed by atoms with Crippen molar-refractivity contribution in [1.82, 2.24) is 0 Å². The highest BCUT2D eigenvalue weighted by Crippen LogP contribution is 2.27. The van der Waals surface area contributed by atoms with Gasteiger partial charge in [-0.05, 0) is 35.9 Å². The summed E-state index contributed by atoms with van der Waals surface area (Å²) in [5, 5.41) is 20.7. The molecule has 7 heteroatoms. The summed E-state index contributed by atoms with van der Waals surface area (Å²) in [7, 11) is 0. The van der Waals surface area contributed by atoms with Gasteiger partial charge < -0.3 is 5.11 Å². The lowest BCUT2D eigenvalue weighted by molar-refractivity contribution is -0.385. The third-order valence-electron chi connectivity index (χ3n) is 2.83. The Balaban J connectivity index is 2.24. The molecule has 0 fully saturated rings. The second-order valence-electron chi connectivity index (χ2n) is 4.33. The van der Waals surface area contributed by atoms with Crippen LogP contribution in [0, 0.1) is 10.1 Å². The van der Waals surface area contributed by atoms with E-state index >= 15 is 0 Å². The zero-order chi connectivity index (χ0) is 16.3. The van der Waals surface area contributed by atoms with Crippen LogP contribution in [0.25, 0.3) is 6.08 Å². The van der Waals surface area contributed by atoms with Crippen molar-refractivity contribution < 1.29 is 14.8 Å². The zero-order valence-corrected chi connectivity index (χ0v) is 12.5. The number of rotatable bonds is 4. The number of nitro groups is 1. The smallest absolute Gasteiger partial charge is 0.311 e. The lowest BCUT2D eigenvalue weighted by atomic mass is 10.1. The summed E-state index contributed by atoms with van der Waals surface area (Å²) < 4.78 is 0. The van der Waals surface area contributed by atoms with Gasteiger partial charge in [0.1, 0.15) is 0 Å². The molecule has 2 rings (SSSR count). The fourth-order valence-electron chi connectivity index (χ4n) is 1.71. The van der Waals surface area contributed by atoms with Crippen LogP contribution in [0.4, 0.5) is 5.69 Å². The lowest BCUT2D eigenvalue weighted by Gasteiger charge is -2.00. The van der Waals surface area contributed by atoms with Crippen molar-refractivity contribution in [1.29, 1.82) is 0 Å². The number of phenols is 1. The molecule has 0 unspecified atom stereocenters. The Morgan fingerprint density at radius 3 is 2.50 bits per heavy atom. The number of benzene rings is 2. The molecule has 0 atom stereocenters. The Morgan fingerprint density at radius 2 is 1.86 bits per heavy atom. The standard InChI is InChI=1S/C15H9Cl2NO4/c16-11-4-3-10(8-12(11)17)14(19)5-1-9-2-6-15(20)13(7-9)18(21)22/h1-8,20H/b5-1+. The summed E-state index contributed by atoms with van der Waals surface area (Å²) in [6, 6.07) is 8.31. The van der Waals surface area contributed by atoms with E-state index in [9.17, 15) is 20.0 Å². The number of carbonyl (C=O) groups excluding carboxylic acids is 1. The number of halogens is 2. The predicted octanol–water partition coefficient (Wildman–Crippen LogP) is 4.50. The first-order valence-electron chi connectivity index (χ1n) is 6.03. The van der Waals surface area contributed by atoms with E-state index in [1.54, 1.807) is 0 Å². The van der Waals surface area contributed by atoms with Crippen LogP contribution in [0.2, 0.25) is 10.0 Å². The van der Waals surface area contributed by atoms with Crippen LogP contribution in [0.1, 0.15) is 15.9 Å². The van der Waals surface area contributed by atoms with Gasteiger partial charge in [0.15, 0.2) is 11.5 Å². The van der Waals surface area contributed by atoms with Crippen molar-refractivity contribution in [3.63, 3.8) is 0 Å². The molecule has 0 radical (unpaired) electrons. The SMILES string of the molecule is O=C(/C=C/c1ccc(O)c([N+](=O)[O-])c1)c1ccc(Cl)c(Cl)c1. The number of carbonyl (C=O) groups is 1. The molecule has 112 valence electrons. The van der Waals surface area contributed by atoms with Gasteiger partial charge in [0.05, 0.1) is 15.0 Å². The lowest BCUT2D eigenvalue weighted by Crippen LogP contribution is -1.94. The molecular formula is C15H9Cl2NO4. The number of ketones is 1. The van der Waals surface area contributed by atoms with Gasteiger partial charge >= 0.3 is 5.69 Å². The molecular weight excluding hydrogens is 329 g/mol. The van der Waals surface area contributed by atoms with Crippen LogP contribution >= 0.6 is 23.2 Å². The molecule has 0 aliphatic heterocycles. The fraction of sp³-hybridized carbons (Fsp3) is 0. The van der Waals surface area contributed by atoms with E-state index in [1.807, 2.05) is 0 Å². The number of hydrogen-bond acceptors (Lipinski definition) is 4. The zero-order valence-electron chi connectivity index (χ0n) is 11.0. The van der Waals surface area contributed by atoms with Crippen molar-refractivity contribution in [3.05, 3.63) is 73.8 Å². The highest BCUT2D eigenvalue weighted by atomic mass is 35.5. The minimum atomic E-state index is -0.701. The topological polar surface area (TPSA) is 80.4 Å². The minimum Gasteiger partial charge on any atom is -0.502 e. The number of nitro benzene ring substituents is 1. The minimum absolute atomic E-state index is 0.265. The average molecular weight is 338 g/mol. The van der Waals surface area contributed by atoms with Crippen LogP contribution in [0.15, 0.2) is 42.5 Å². The molecule has 1 N–H and O–H groups in total. The first kappa shape index (κ1) is 16.0. The van der Waals surface area contributed by atoms with E-state index in [0.717, 1.165) is 0 Å². The van der Waals surface area contributed by atoms with Crippen LogP contribution in [0.5, 0.6) is 5.75 Å². The summed E-state index contributed by atoms with van der Waals surface area (Å²) in [6.45, 7) is 0. The van der Waals surface area contributed by atoms with Crippen molar-refractivity contribution in [3.8, 4) is 5.75 Å². The highest BCUT2D eigenvalue weighted by molar-refractivity contribution is 6.42. The third kappa shape index (κ3) is 3.63. The third-order valence-corrected chi connectivity index (χ3v) is 3.57. The molecule has 0 amide bonds. The summed E-state index contributed by atoms with van der Waals surface area (Å²) in [5.74, 6) is -0.757. The molecule has 0 aliphatic rings. The van der Waals surface area contributed by atoms with Gasteiger partial charge in [-0.3, -0.25) is 14.9 Å². The van der Waals surface area contributed by atoms with Gasteiger partial charge in [0.25, 0.3) is 0 Å². The number of allylic oxidation sites excluding steroid dienone is 1. The van der Waals surface area contributed by atoms with Gasteiger partial charge in [-0.15, -0.1) is 0 Å². The van der Waals surface area contributed by atoms with Crippen LogP contribution in [-0.4, -0.2) is 15.8 Å². The number of nitrogens with zero attached hydrogens (tertiary/aromatic N) is 1. The van der Waals surface area contributed by atoms with Gasteiger partial charge in [-0.25, -0.2) is 0 Å². The molecule has 0 spiro atoms. The van der Waals surface area contributed by atoms with E-state index in [1.165, 1.54) is 48.6 Å². The summed E-state index contributed by atoms with van der Waals surface area (Å²) in [5.41, 5.74) is 0.334. The van der Waals surface area contributed by atoms with Crippen LogP contribution in [-0.2, 0) is 0 Å². The molecule has 0 heterocycles. The van der Waals surface area contributed by atoms with E-state index in [-0.39, 0.29) is 10.8 Å². The average Bonchev–Trinajstić information content (AvgIpc) is 2.48. The first-order valence-corrected chi connectivity index (χ1v) is 6.79. The van der Waals surface area contributed by atoms with Gasteiger partial charge in [-0.1, -0.05) is 35.3 Å². The molecule has 2 aromatic carbocycles.